The molecule has 9 heteroatoms. The third-order valence-electron chi connectivity index (χ3n) is 6.06. The van der Waals surface area contributed by atoms with Gasteiger partial charge in [0, 0.05) is 13.0 Å². The van der Waals surface area contributed by atoms with Crippen LogP contribution in [0.5, 0.6) is 5.75 Å². The molecule has 0 aliphatic carbocycles. The molecule has 3 rings (SSSR count). The van der Waals surface area contributed by atoms with Crippen molar-refractivity contribution >= 4 is 18.7 Å². The average molecular weight is 446 g/mol. The van der Waals surface area contributed by atoms with Crippen LogP contribution in [0, 0.1) is 11.3 Å². The van der Waals surface area contributed by atoms with Crippen molar-refractivity contribution in [3.8, 4) is 11.8 Å². The van der Waals surface area contributed by atoms with E-state index in [2.05, 4.69) is 6.07 Å². The number of piperidine rings is 1. The van der Waals surface area contributed by atoms with E-state index in [1.807, 2.05) is 27.7 Å². The van der Waals surface area contributed by atoms with Crippen molar-refractivity contribution in [1.29, 1.82) is 5.26 Å². The number of hydrogen-bond donors (Lipinski definition) is 0. The Balaban J connectivity index is 1.67. The predicted octanol–water partition coefficient (Wildman–Crippen LogP) is 3.58. The number of hydrogen-bond acceptors (Lipinski definition) is 6. The Morgan fingerprint density at radius 1 is 1.25 bits per heavy atom. The number of halogens is 1. The number of nitrogens with zero attached hydrogens (tertiary/aromatic N) is 2. The van der Waals surface area contributed by atoms with Gasteiger partial charge in [-0.15, -0.1) is 0 Å². The molecule has 2 aliphatic rings. The van der Waals surface area contributed by atoms with Gasteiger partial charge in [-0.1, -0.05) is 6.07 Å². The van der Waals surface area contributed by atoms with Crippen molar-refractivity contribution in [3.63, 3.8) is 0 Å². The molecule has 0 saturated carbocycles. The van der Waals surface area contributed by atoms with Crippen LogP contribution in [-0.2, 0) is 14.0 Å². The second-order valence-corrected chi connectivity index (χ2v) is 10.3. The maximum Gasteiger partial charge on any atom is 0.494 e. The molecule has 0 radical (unpaired) electrons. The highest BCUT2D eigenvalue weighted by molar-refractivity contribution is 6.62. The summed E-state index contributed by atoms with van der Waals surface area (Å²) >= 11 is 0. The first-order valence-electron chi connectivity index (χ1n) is 10.9. The maximum atomic E-state index is 14.8. The van der Waals surface area contributed by atoms with Crippen LogP contribution in [0.25, 0.3) is 0 Å². The van der Waals surface area contributed by atoms with Crippen molar-refractivity contribution in [2.75, 3.05) is 13.1 Å². The van der Waals surface area contributed by atoms with E-state index >= 15 is 0 Å². The zero-order valence-electron chi connectivity index (χ0n) is 19.9. The minimum absolute atomic E-state index is 0.118. The van der Waals surface area contributed by atoms with Gasteiger partial charge in [-0.25, -0.2) is 9.18 Å². The number of ether oxygens (including phenoxy) is 2. The first-order chi connectivity index (χ1) is 14.7. The second-order valence-electron chi connectivity index (χ2n) is 10.3. The quantitative estimate of drug-likeness (QED) is 0.661. The first-order valence-corrected chi connectivity index (χ1v) is 10.9. The SMILES string of the molecule is CC(C)(C)OC(=O)N1CC[C@H](Oc2ccc(B3OC(C)(C)C(C)(C)O3)cc2C#N)C(F)C1. The highest BCUT2D eigenvalue weighted by Crippen LogP contribution is 2.36. The maximum absolute atomic E-state index is 14.8. The van der Waals surface area contributed by atoms with E-state index < -0.39 is 42.3 Å². The Labute approximate surface area is 189 Å². The Bertz CT molecular complexity index is 893. The molecule has 32 heavy (non-hydrogen) atoms. The van der Waals surface area contributed by atoms with E-state index in [-0.39, 0.29) is 12.1 Å². The lowest BCUT2D eigenvalue weighted by Crippen LogP contribution is -2.50. The molecule has 1 aromatic rings. The van der Waals surface area contributed by atoms with Crippen molar-refractivity contribution in [3.05, 3.63) is 23.8 Å². The molecule has 2 saturated heterocycles. The summed E-state index contributed by atoms with van der Waals surface area (Å²) in [6, 6.07) is 7.18. The molecular weight excluding hydrogens is 414 g/mol. The zero-order valence-corrected chi connectivity index (χ0v) is 19.9. The molecule has 2 aliphatic heterocycles. The van der Waals surface area contributed by atoms with Gasteiger partial charge in [0.25, 0.3) is 0 Å². The number of alkyl halides is 1. The molecule has 1 unspecified atom stereocenters. The summed E-state index contributed by atoms with van der Waals surface area (Å²) in [5, 5.41) is 9.63. The fraction of sp³-hybridized carbons (Fsp3) is 0.652. The lowest BCUT2D eigenvalue weighted by Gasteiger charge is -2.35. The van der Waals surface area contributed by atoms with Crippen LogP contribution < -0.4 is 10.2 Å². The Morgan fingerprint density at radius 2 is 1.88 bits per heavy atom. The first kappa shape index (κ1) is 24.3. The van der Waals surface area contributed by atoms with Crippen LogP contribution in [0.4, 0.5) is 9.18 Å². The van der Waals surface area contributed by atoms with Gasteiger partial charge in [-0.2, -0.15) is 5.26 Å². The fourth-order valence-corrected chi connectivity index (χ4v) is 3.53. The fourth-order valence-electron chi connectivity index (χ4n) is 3.53. The van der Waals surface area contributed by atoms with Crippen LogP contribution in [0.1, 0.15) is 60.5 Å². The number of likely N-dealkylation sites (tertiary alicyclic amines) is 1. The van der Waals surface area contributed by atoms with Gasteiger partial charge < -0.3 is 23.7 Å². The number of carbonyl (C=O) groups is 1. The third-order valence-corrected chi connectivity index (χ3v) is 6.06. The predicted molar refractivity (Wildman–Crippen MR) is 119 cm³/mol. The summed E-state index contributed by atoms with van der Waals surface area (Å²) in [5.74, 6) is 0.297. The smallest absolute Gasteiger partial charge is 0.486 e. The van der Waals surface area contributed by atoms with E-state index in [1.54, 1.807) is 39.0 Å². The van der Waals surface area contributed by atoms with E-state index in [4.69, 9.17) is 18.8 Å². The summed E-state index contributed by atoms with van der Waals surface area (Å²) in [6.45, 7) is 13.3. The Hall–Kier alpha value is -2.31. The molecule has 174 valence electrons. The molecule has 7 nitrogen and oxygen atoms in total. The molecule has 1 aromatic carbocycles. The lowest BCUT2D eigenvalue weighted by atomic mass is 9.78. The van der Waals surface area contributed by atoms with E-state index in [0.717, 1.165) is 0 Å². The van der Waals surface area contributed by atoms with Gasteiger partial charge >= 0.3 is 13.2 Å². The number of carbonyl (C=O) groups excluding carboxylic acids is 1. The molecule has 0 N–H and O–H groups in total. The van der Waals surface area contributed by atoms with Crippen LogP contribution in [-0.4, -0.2) is 60.3 Å². The van der Waals surface area contributed by atoms with Crippen LogP contribution in [0.3, 0.4) is 0 Å². The molecule has 2 heterocycles. The summed E-state index contributed by atoms with van der Waals surface area (Å²) in [6.07, 6.45) is -2.40. The van der Waals surface area contributed by atoms with Gasteiger partial charge in [0.15, 0.2) is 6.17 Å². The zero-order chi connectivity index (χ0) is 23.9. The number of amides is 1. The van der Waals surface area contributed by atoms with E-state index in [9.17, 15) is 14.4 Å². The van der Waals surface area contributed by atoms with Crippen LogP contribution in [0.2, 0.25) is 0 Å². The molecular formula is C23H32BFN2O5. The summed E-state index contributed by atoms with van der Waals surface area (Å²) in [4.78, 5) is 13.6. The second kappa shape index (κ2) is 8.56. The molecule has 2 atom stereocenters. The largest absolute Gasteiger partial charge is 0.494 e. The van der Waals surface area contributed by atoms with Crippen molar-refractivity contribution in [2.24, 2.45) is 0 Å². The molecule has 0 aromatic heterocycles. The van der Waals surface area contributed by atoms with Crippen molar-refractivity contribution in [2.45, 2.75) is 84.0 Å². The van der Waals surface area contributed by atoms with Crippen molar-refractivity contribution < 1.29 is 28.0 Å². The topological polar surface area (TPSA) is 81.0 Å². The number of rotatable bonds is 3. The summed E-state index contributed by atoms with van der Waals surface area (Å²) in [7, 11) is -0.604. The molecule has 0 spiro atoms. The highest BCUT2D eigenvalue weighted by atomic mass is 19.1. The molecule has 1 amide bonds. The Kier molecular flexibility index (Phi) is 6.51. The summed E-state index contributed by atoms with van der Waals surface area (Å²) in [5.41, 5.74) is -0.661. The monoisotopic (exact) mass is 446 g/mol. The number of nitriles is 1. The minimum atomic E-state index is -1.40. The lowest BCUT2D eigenvalue weighted by molar-refractivity contribution is -0.0105. The van der Waals surface area contributed by atoms with Gasteiger partial charge in [-0.05, 0) is 66.1 Å². The van der Waals surface area contributed by atoms with Gasteiger partial charge in [0.1, 0.15) is 23.5 Å². The highest BCUT2D eigenvalue weighted by Gasteiger charge is 2.51. The standard InChI is InChI=1S/C23H32BFN2O5/c1-21(2,3)30-20(28)27-11-10-19(17(25)14-27)29-18-9-8-16(12-15(18)13-26)24-31-22(4,5)23(6,7)32-24/h8-9,12,17,19H,10-11,14H2,1-7H3/t17?,19-/m0/s1. The Morgan fingerprint density at radius 3 is 2.41 bits per heavy atom. The number of benzene rings is 1. The summed E-state index contributed by atoms with van der Waals surface area (Å²) < 4.78 is 38.1. The van der Waals surface area contributed by atoms with Gasteiger partial charge in [-0.3, -0.25) is 0 Å². The minimum Gasteiger partial charge on any atom is -0.486 e. The van der Waals surface area contributed by atoms with Gasteiger partial charge in [0.05, 0.1) is 23.3 Å². The van der Waals surface area contributed by atoms with Crippen LogP contribution >= 0.6 is 0 Å². The van der Waals surface area contributed by atoms with Crippen molar-refractivity contribution in [1.82, 2.24) is 4.90 Å². The van der Waals surface area contributed by atoms with E-state index in [1.165, 1.54) is 4.90 Å². The molecule has 2 fully saturated rings. The van der Waals surface area contributed by atoms with E-state index in [0.29, 0.717) is 24.2 Å². The average Bonchev–Trinajstić information content (AvgIpc) is 2.89. The van der Waals surface area contributed by atoms with Gasteiger partial charge in [0.2, 0.25) is 0 Å². The third kappa shape index (κ3) is 5.19. The normalized spacial score (nSPS) is 24.7. The molecule has 0 bridgehead atoms. The van der Waals surface area contributed by atoms with Crippen LogP contribution in [0.15, 0.2) is 18.2 Å².